The van der Waals surface area contributed by atoms with Crippen LogP contribution >= 0.6 is 0 Å². The molecule has 0 saturated heterocycles. The number of methoxy groups -OCH3 is 1. The van der Waals surface area contributed by atoms with E-state index in [0.717, 1.165) is 32.1 Å². The van der Waals surface area contributed by atoms with E-state index in [9.17, 15) is 19.2 Å². The summed E-state index contributed by atoms with van der Waals surface area (Å²) in [5.74, 6) is -1.56. The molecule has 1 heterocycles. The Kier molecular flexibility index (Phi) is 7.20. The topological polar surface area (TPSA) is 93.2 Å². The monoisotopic (exact) mass is 416 g/mol. The van der Waals surface area contributed by atoms with E-state index >= 15 is 0 Å². The Morgan fingerprint density at radius 2 is 1.80 bits per heavy atom. The zero-order chi connectivity index (χ0) is 21.7. The highest BCUT2D eigenvalue weighted by Crippen LogP contribution is 2.31. The Morgan fingerprint density at radius 1 is 1.10 bits per heavy atom. The molecule has 0 atom stereocenters. The summed E-state index contributed by atoms with van der Waals surface area (Å²) >= 11 is 0. The molecule has 1 aliphatic heterocycles. The number of fused-ring (bicyclic) bond motifs is 1. The van der Waals surface area contributed by atoms with Crippen LogP contribution < -0.4 is 0 Å². The van der Waals surface area contributed by atoms with Gasteiger partial charge in [-0.3, -0.25) is 24.1 Å². The van der Waals surface area contributed by atoms with Crippen LogP contribution in [0, 0.1) is 0 Å². The molecule has 8 heteroatoms. The van der Waals surface area contributed by atoms with Crippen LogP contribution in [0.4, 0.5) is 0 Å². The Labute approximate surface area is 176 Å². The number of amides is 3. The van der Waals surface area contributed by atoms with Crippen LogP contribution in [-0.2, 0) is 14.3 Å². The van der Waals surface area contributed by atoms with Crippen molar-refractivity contribution < 1.29 is 28.7 Å². The summed E-state index contributed by atoms with van der Waals surface area (Å²) in [5.41, 5.74) is 0.830. The summed E-state index contributed by atoms with van der Waals surface area (Å²) in [4.78, 5) is 53.4. The van der Waals surface area contributed by atoms with Gasteiger partial charge in [-0.05, 0) is 38.0 Å². The number of nitrogens with zero attached hydrogens (tertiary/aromatic N) is 2. The van der Waals surface area contributed by atoms with Gasteiger partial charge in [0.1, 0.15) is 6.54 Å². The van der Waals surface area contributed by atoms with Gasteiger partial charge in [-0.25, -0.2) is 0 Å². The second kappa shape index (κ2) is 9.84. The summed E-state index contributed by atoms with van der Waals surface area (Å²) in [6, 6.07) is 4.45. The number of carbonyl (C=O) groups excluding carboxylic acids is 4. The first-order chi connectivity index (χ1) is 14.5. The van der Waals surface area contributed by atoms with Crippen LogP contribution in [-0.4, -0.2) is 72.9 Å². The van der Waals surface area contributed by atoms with E-state index < -0.39 is 11.9 Å². The van der Waals surface area contributed by atoms with Gasteiger partial charge in [-0.15, -0.1) is 0 Å². The van der Waals surface area contributed by atoms with Gasteiger partial charge in [0.2, 0.25) is 0 Å². The summed E-state index contributed by atoms with van der Waals surface area (Å²) in [6.45, 7) is 2.15. The SMILES string of the molecule is CCOC(=O)CN(CCOC)C(=O)c1ccc2c(c1)C(=O)N(C1CCCCC1)C2=O. The lowest BCUT2D eigenvalue weighted by molar-refractivity contribution is -0.143. The van der Waals surface area contributed by atoms with Crippen molar-refractivity contribution in [2.75, 3.05) is 33.4 Å². The molecule has 1 aliphatic carbocycles. The van der Waals surface area contributed by atoms with E-state index in [1.165, 1.54) is 35.1 Å². The van der Waals surface area contributed by atoms with E-state index in [1.54, 1.807) is 6.92 Å². The third-order valence-electron chi connectivity index (χ3n) is 5.58. The molecule has 0 N–H and O–H groups in total. The van der Waals surface area contributed by atoms with Gasteiger partial charge in [0.05, 0.1) is 24.3 Å². The fourth-order valence-corrected chi connectivity index (χ4v) is 4.06. The highest BCUT2D eigenvalue weighted by Gasteiger charge is 2.40. The van der Waals surface area contributed by atoms with Crippen molar-refractivity contribution in [2.24, 2.45) is 0 Å². The summed E-state index contributed by atoms with van der Waals surface area (Å²) in [5, 5.41) is 0. The van der Waals surface area contributed by atoms with Gasteiger partial charge in [0.25, 0.3) is 17.7 Å². The molecular formula is C22H28N2O6. The van der Waals surface area contributed by atoms with Gasteiger partial charge in [0.15, 0.2) is 0 Å². The van der Waals surface area contributed by atoms with Crippen molar-refractivity contribution in [2.45, 2.75) is 45.1 Å². The molecule has 1 saturated carbocycles. The largest absolute Gasteiger partial charge is 0.465 e. The van der Waals surface area contributed by atoms with E-state index in [2.05, 4.69) is 0 Å². The lowest BCUT2D eigenvalue weighted by atomic mass is 9.94. The van der Waals surface area contributed by atoms with Crippen molar-refractivity contribution in [1.82, 2.24) is 9.80 Å². The van der Waals surface area contributed by atoms with E-state index in [4.69, 9.17) is 9.47 Å². The predicted octanol–water partition coefficient (Wildman–Crippen LogP) is 2.27. The Balaban J connectivity index is 1.82. The molecule has 0 spiro atoms. The summed E-state index contributed by atoms with van der Waals surface area (Å²) in [7, 11) is 1.51. The molecule has 1 aromatic rings. The molecule has 3 amide bonds. The fraction of sp³-hybridized carbons (Fsp3) is 0.545. The second-order valence-electron chi connectivity index (χ2n) is 7.56. The van der Waals surface area contributed by atoms with Crippen LogP contribution in [0.3, 0.4) is 0 Å². The number of ether oxygens (including phenoxy) is 2. The number of hydrogen-bond donors (Lipinski definition) is 0. The van der Waals surface area contributed by atoms with Crippen molar-refractivity contribution in [3.8, 4) is 0 Å². The Hall–Kier alpha value is -2.74. The first-order valence-electron chi connectivity index (χ1n) is 10.4. The smallest absolute Gasteiger partial charge is 0.325 e. The predicted molar refractivity (Wildman–Crippen MR) is 108 cm³/mol. The molecule has 30 heavy (non-hydrogen) atoms. The highest BCUT2D eigenvalue weighted by molar-refractivity contribution is 6.22. The lowest BCUT2D eigenvalue weighted by Crippen LogP contribution is -2.40. The molecule has 8 nitrogen and oxygen atoms in total. The van der Waals surface area contributed by atoms with Gasteiger partial charge >= 0.3 is 5.97 Å². The summed E-state index contributed by atoms with van der Waals surface area (Å²) < 4.78 is 9.98. The molecule has 0 unspecified atom stereocenters. The Morgan fingerprint density at radius 3 is 2.47 bits per heavy atom. The van der Waals surface area contributed by atoms with E-state index in [0.29, 0.717) is 5.56 Å². The Bertz CT molecular complexity index is 831. The zero-order valence-corrected chi connectivity index (χ0v) is 17.5. The minimum atomic E-state index is -0.516. The van der Waals surface area contributed by atoms with Crippen LogP contribution in [0.25, 0.3) is 0 Å². The van der Waals surface area contributed by atoms with Crippen LogP contribution in [0.2, 0.25) is 0 Å². The summed E-state index contributed by atoms with van der Waals surface area (Å²) in [6.07, 6.45) is 4.77. The highest BCUT2D eigenvalue weighted by atomic mass is 16.5. The second-order valence-corrected chi connectivity index (χ2v) is 7.56. The number of carbonyl (C=O) groups is 4. The van der Waals surface area contributed by atoms with Gasteiger partial charge in [0, 0.05) is 25.3 Å². The minimum absolute atomic E-state index is 0.0766. The van der Waals surface area contributed by atoms with Crippen molar-refractivity contribution >= 4 is 23.7 Å². The van der Waals surface area contributed by atoms with E-state index in [-0.39, 0.29) is 55.3 Å². The number of benzene rings is 1. The third-order valence-corrected chi connectivity index (χ3v) is 5.58. The first kappa shape index (κ1) is 22.0. The fourth-order valence-electron chi connectivity index (χ4n) is 4.06. The number of hydrogen-bond acceptors (Lipinski definition) is 6. The molecule has 2 aliphatic rings. The average molecular weight is 416 g/mol. The normalized spacial score (nSPS) is 16.5. The van der Waals surface area contributed by atoms with Gasteiger partial charge in [-0.1, -0.05) is 19.3 Å². The van der Waals surface area contributed by atoms with Crippen molar-refractivity contribution in [3.63, 3.8) is 0 Å². The molecule has 3 rings (SSSR count). The third kappa shape index (κ3) is 4.53. The maximum atomic E-state index is 13.0. The molecule has 0 aromatic heterocycles. The molecular weight excluding hydrogens is 388 g/mol. The average Bonchev–Trinajstić information content (AvgIpc) is 3.01. The maximum absolute atomic E-state index is 13.0. The quantitative estimate of drug-likeness (QED) is 0.477. The van der Waals surface area contributed by atoms with Crippen LogP contribution in [0.1, 0.15) is 70.1 Å². The molecule has 1 aromatic carbocycles. The van der Waals surface area contributed by atoms with Crippen LogP contribution in [0.5, 0.6) is 0 Å². The van der Waals surface area contributed by atoms with Crippen molar-refractivity contribution in [1.29, 1.82) is 0 Å². The minimum Gasteiger partial charge on any atom is -0.465 e. The first-order valence-corrected chi connectivity index (χ1v) is 10.4. The number of imide groups is 1. The van der Waals surface area contributed by atoms with Gasteiger partial charge < -0.3 is 14.4 Å². The molecule has 0 bridgehead atoms. The van der Waals surface area contributed by atoms with E-state index in [1.807, 2.05) is 0 Å². The standard InChI is InChI=1S/C22H28N2O6/c1-3-30-19(25)14-23(11-12-29-2)20(26)15-9-10-17-18(13-15)22(28)24(21(17)27)16-7-5-4-6-8-16/h9-10,13,16H,3-8,11-12,14H2,1-2H3. The van der Waals surface area contributed by atoms with Gasteiger partial charge in [-0.2, -0.15) is 0 Å². The number of esters is 1. The molecule has 0 radical (unpaired) electrons. The lowest BCUT2D eigenvalue weighted by Gasteiger charge is -2.29. The maximum Gasteiger partial charge on any atom is 0.325 e. The van der Waals surface area contributed by atoms with Crippen LogP contribution in [0.15, 0.2) is 18.2 Å². The van der Waals surface area contributed by atoms with Crippen molar-refractivity contribution in [3.05, 3.63) is 34.9 Å². The molecule has 1 fully saturated rings. The number of rotatable bonds is 8. The zero-order valence-electron chi connectivity index (χ0n) is 17.5. The molecule has 162 valence electrons.